The second-order valence-electron chi connectivity index (χ2n) is 4.85. The Morgan fingerprint density at radius 2 is 2.00 bits per heavy atom. The maximum atomic E-state index is 13.1. The highest BCUT2D eigenvalue weighted by Crippen LogP contribution is 2.26. The van der Waals surface area contributed by atoms with Gasteiger partial charge in [0, 0.05) is 19.1 Å². The Morgan fingerprint density at radius 3 is 2.50 bits per heavy atom. The number of nitrogens with zero attached hydrogens (tertiary/aromatic N) is 1. The van der Waals surface area contributed by atoms with Gasteiger partial charge in [-0.1, -0.05) is 0 Å². The van der Waals surface area contributed by atoms with Crippen LogP contribution >= 0.6 is 12.4 Å². The Hall–Kier alpha value is -0.760. The maximum absolute atomic E-state index is 13.1. The molecule has 1 aromatic rings. The molecule has 0 radical (unpaired) electrons. The first-order valence-electron chi connectivity index (χ1n) is 6.03. The van der Waals surface area contributed by atoms with Crippen LogP contribution in [-0.4, -0.2) is 31.9 Å². The van der Waals surface area contributed by atoms with E-state index in [4.69, 9.17) is 5.73 Å². The molecular weight excluding hydrogens is 310 g/mol. The summed E-state index contributed by atoms with van der Waals surface area (Å²) in [5.41, 5.74) is 5.75. The van der Waals surface area contributed by atoms with Gasteiger partial charge in [0.25, 0.3) is 0 Å². The van der Waals surface area contributed by atoms with Gasteiger partial charge in [0.15, 0.2) is 11.6 Å². The third kappa shape index (κ3) is 3.28. The number of hydrogen-bond donors (Lipinski definition) is 1. The molecule has 0 amide bonds. The molecule has 2 N–H and O–H groups in total. The standard InChI is InChI=1S/C12H16F2N2O2S.ClH/c1-8(15)9-4-5-16(7-9)19(17,18)10-2-3-11(13)12(14)6-10;/h2-3,6,8-9H,4-5,7,15H2,1H3;1H. The van der Waals surface area contributed by atoms with Gasteiger partial charge in [-0.3, -0.25) is 0 Å². The number of benzene rings is 1. The van der Waals surface area contributed by atoms with Crippen LogP contribution in [0.25, 0.3) is 0 Å². The van der Waals surface area contributed by atoms with Crippen LogP contribution in [0.2, 0.25) is 0 Å². The van der Waals surface area contributed by atoms with E-state index in [1.54, 1.807) is 0 Å². The van der Waals surface area contributed by atoms with E-state index in [-0.39, 0.29) is 29.3 Å². The lowest BCUT2D eigenvalue weighted by atomic mass is 10.0. The molecule has 1 fully saturated rings. The lowest BCUT2D eigenvalue weighted by molar-refractivity contribution is 0.428. The van der Waals surface area contributed by atoms with Crippen LogP contribution in [0.15, 0.2) is 23.1 Å². The third-order valence-corrected chi connectivity index (χ3v) is 5.32. The van der Waals surface area contributed by atoms with Gasteiger partial charge in [0.05, 0.1) is 4.90 Å². The first-order valence-corrected chi connectivity index (χ1v) is 7.47. The predicted octanol–water partition coefficient (Wildman–Crippen LogP) is 1.74. The summed E-state index contributed by atoms with van der Waals surface area (Å²) in [6.07, 6.45) is 0.681. The quantitative estimate of drug-likeness (QED) is 0.920. The largest absolute Gasteiger partial charge is 0.328 e. The van der Waals surface area contributed by atoms with Gasteiger partial charge in [0.1, 0.15) is 0 Å². The van der Waals surface area contributed by atoms with Gasteiger partial charge < -0.3 is 5.73 Å². The van der Waals surface area contributed by atoms with Crippen molar-refractivity contribution in [2.75, 3.05) is 13.1 Å². The number of sulfonamides is 1. The van der Waals surface area contributed by atoms with Crippen molar-refractivity contribution in [2.45, 2.75) is 24.3 Å². The van der Waals surface area contributed by atoms with E-state index in [2.05, 4.69) is 0 Å². The summed E-state index contributed by atoms with van der Waals surface area (Å²) < 4.78 is 51.8. The lowest BCUT2D eigenvalue weighted by Gasteiger charge is -2.18. The highest BCUT2D eigenvalue weighted by Gasteiger charge is 2.34. The fourth-order valence-corrected chi connectivity index (χ4v) is 3.71. The zero-order chi connectivity index (χ0) is 14.2. The first-order chi connectivity index (χ1) is 8.82. The van der Waals surface area contributed by atoms with E-state index >= 15 is 0 Å². The van der Waals surface area contributed by atoms with Gasteiger partial charge >= 0.3 is 0 Å². The normalized spacial score (nSPS) is 21.5. The van der Waals surface area contributed by atoms with Gasteiger partial charge in [-0.2, -0.15) is 4.31 Å². The molecule has 1 aliphatic rings. The molecule has 1 aliphatic heterocycles. The molecule has 8 heteroatoms. The molecule has 2 unspecified atom stereocenters. The fraction of sp³-hybridized carbons (Fsp3) is 0.500. The summed E-state index contributed by atoms with van der Waals surface area (Å²) in [6.45, 7) is 2.50. The molecule has 2 rings (SSSR count). The molecule has 2 atom stereocenters. The van der Waals surface area contributed by atoms with Crippen LogP contribution in [0, 0.1) is 17.6 Å². The number of halogens is 3. The Bertz CT molecular complexity index is 581. The molecule has 0 aliphatic carbocycles. The van der Waals surface area contributed by atoms with Crippen molar-refractivity contribution in [2.24, 2.45) is 11.7 Å². The van der Waals surface area contributed by atoms with E-state index in [1.165, 1.54) is 4.31 Å². The summed E-state index contributed by atoms with van der Waals surface area (Å²) in [5, 5.41) is 0. The van der Waals surface area contributed by atoms with Crippen molar-refractivity contribution in [3.63, 3.8) is 0 Å². The second-order valence-corrected chi connectivity index (χ2v) is 6.78. The summed E-state index contributed by atoms with van der Waals surface area (Å²) >= 11 is 0. The molecule has 0 spiro atoms. The van der Waals surface area contributed by atoms with Crippen molar-refractivity contribution < 1.29 is 17.2 Å². The van der Waals surface area contributed by atoms with Crippen LogP contribution in [-0.2, 0) is 10.0 Å². The molecule has 114 valence electrons. The minimum absolute atomic E-state index is 0. The summed E-state index contributed by atoms with van der Waals surface area (Å²) in [5.74, 6) is -2.13. The highest BCUT2D eigenvalue weighted by atomic mass is 35.5. The zero-order valence-electron chi connectivity index (χ0n) is 10.9. The molecular formula is C12H17ClF2N2O2S. The van der Waals surface area contributed by atoms with Gasteiger partial charge in [-0.15, -0.1) is 12.4 Å². The number of rotatable bonds is 3. The molecule has 0 saturated carbocycles. The molecule has 4 nitrogen and oxygen atoms in total. The molecule has 0 bridgehead atoms. The summed E-state index contributed by atoms with van der Waals surface area (Å²) in [4.78, 5) is -0.225. The molecule has 1 aromatic carbocycles. The zero-order valence-corrected chi connectivity index (χ0v) is 12.6. The molecule has 0 aromatic heterocycles. The monoisotopic (exact) mass is 326 g/mol. The minimum atomic E-state index is -3.77. The maximum Gasteiger partial charge on any atom is 0.243 e. The van der Waals surface area contributed by atoms with Crippen LogP contribution < -0.4 is 5.73 Å². The van der Waals surface area contributed by atoms with Crippen molar-refractivity contribution >= 4 is 22.4 Å². The van der Waals surface area contributed by atoms with Gasteiger partial charge in [0.2, 0.25) is 10.0 Å². The smallest absolute Gasteiger partial charge is 0.243 e. The van der Waals surface area contributed by atoms with E-state index in [0.29, 0.717) is 25.6 Å². The highest BCUT2D eigenvalue weighted by molar-refractivity contribution is 7.89. The predicted molar refractivity (Wildman–Crippen MR) is 74.1 cm³/mol. The van der Waals surface area contributed by atoms with Crippen molar-refractivity contribution in [3.05, 3.63) is 29.8 Å². The van der Waals surface area contributed by atoms with E-state index < -0.39 is 21.7 Å². The van der Waals surface area contributed by atoms with E-state index in [0.717, 1.165) is 12.1 Å². The topological polar surface area (TPSA) is 63.4 Å². The first kappa shape index (κ1) is 17.3. The van der Waals surface area contributed by atoms with Crippen molar-refractivity contribution in [3.8, 4) is 0 Å². The second kappa shape index (κ2) is 6.34. The van der Waals surface area contributed by atoms with Crippen LogP contribution in [0.5, 0.6) is 0 Å². The fourth-order valence-electron chi connectivity index (χ4n) is 2.19. The average molecular weight is 327 g/mol. The third-order valence-electron chi connectivity index (χ3n) is 3.46. The van der Waals surface area contributed by atoms with E-state index in [1.807, 2.05) is 6.92 Å². The molecule has 20 heavy (non-hydrogen) atoms. The van der Waals surface area contributed by atoms with E-state index in [9.17, 15) is 17.2 Å². The van der Waals surface area contributed by atoms with Crippen molar-refractivity contribution in [1.29, 1.82) is 0 Å². The summed E-state index contributed by atoms with van der Waals surface area (Å²) in [6, 6.07) is 2.52. The number of nitrogens with two attached hydrogens (primary N) is 1. The Morgan fingerprint density at radius 1 is 1.35 bits per heavy atom. The van der Waals surface area contributed by atoms with Crippen LogP contribution in [0.1, 0.15) is 13.3 Å². The minimum Gasteiger partial charge on any atom is -0.328 e. The molecule has 1 saturated heterocycles. The number of hydrogen-bond acceptors (Lipinski definition) is 3. The summed E-state index contributed by atoms with van der Waals surface area (Å²) in [7, 11) is -3.77. The van der Waals surface area contributed by atoms with Gasteiger partial charge in [-0.25, -0.2) is 17.2 Å². The Balaban J connectivity index is 0.00000200. The van der Waals surface area contributed by atoms with Crippen LogP contribution in [0.3, 0.4) is 0 Å². The van der Waals surface area contributed by atoms with Gasteiger partial charge in [-0.05, 0) is 37.5 Å². The molecule has 1 heterocycles. The van der Waals surface area contributed by atoms with Crippen molar-refractivity contribution in [1.82, 2.24) is 4.31 Å². The SMILES string of the molecule is CC(N)C1CCN(S(=O)(=O)c2ccc(F)c(F)c2)C1.Cl. The Kier molecular flexibility index (Phi) is 5.48. The average Bonchev–Trinajstić information content (AvgIpc) is 2.82. The lowest BCUT2D eigenvalue weighted by Crippen LogP contribution is -2.33. The van der Waals surface area contributed by atoms with Crippen LogP contribution in [0.4, 0.5) is 8.78 Å². The Labute approximate surface area is 123 Å².